The Bertz CT molecular complexity index is 1250. The molecule has 0 saturated carbocycles. The summed E-state index contributed by atoms with van der Waals surface area (Å²) in [5, 5.41) is 5.42. The Hall–Kier alpha value is -3.91. The number of benzene rings is 2. The number of ether oxygens (including phenoxy) is 4. The molecule has 0 aliphatic carbocycles. The van der Waals surface area contributed by atoms with Crippen molar-refractivity contribution in [3.8, 4) is 11.8 Å². The van der Waals surface area contributed by atoms with Crippen molar-refractivity contribution in [3.63, 3.8) is 0 Å². The number of carbonyl (C=O) groups is 3. The Labute approximate surface area is 248 Å². The third-order valence-electron chi connectivity index (χ3n) is 5.97. The lowest BCUT2D eigenvalue weighted by molar-refractivity contribution is -0.122. The van der Waals surface area contributed by atoms with Gasteiger partial charge in [0, 0.05) is 37.1 Å². The van der Waals surface area contributed by atoms with E-state index in [0.717, 1.165) is 22.4 Å². The topological polar surface area (TPSA) is 115 Å². The molecule has 0 unspecified atom stereocenters. The van der Waals surface area contributed by atoms with Gasteiger partial charge in [0.15, 0.2) is 0 Å². The summed E-state index contributed by atoms with van der Waals surface area (Å²) >= 11 is 0. The number of nitrogens with zero attached hydrogens (tertiary/aromatic N) is 1. The van der Waals surface area contributed by atoms with E-state index in [9.17, 15) is 14.4 Å². The van der Waals surface area contributed by atoms with Crippen molar-refractivity contribution >= 4 is 23.6 Å². The van der Waals surface area contributed by atoms with E-state index in [0.29, 0.717) is 46.1 Å². The van der Waals surface area contributed by atoms with E-state index >= 15 is 0 Å². The molecule has 0 atom stereocenters. The molecule has 1 aliphatic heterocycles. The third kappa shape index (κ3) is 11.9. The second-order valence-electron chi connectivity index (χ2n) is 10.5. The quantitative estimate of drug-likeness (QED) is 0.246. The summed E-state index contributed by atoms with van der Waals surface area (Å²) in [6, 6.07) is 15.4. The number of nitrogens with one attached hydrogen (secondary N) is 2. The van der Waals surface area contributed by atoms with Gasteiger partial charge in [-0.1, -0.05) is 42.2 Å². The Balaban J connectivity index is 1.23. The van der Waals surface area contributed by atoms with Gasteiger partial charge in [-0.2, -0.15) is 0 Å². The summed E-state index contributed by atoms with van der Waals surface area (Å²) in [6.07, 6.45) is -0.112. The predicted octanol–water partition coefficient (Wildman–Crippen LogP) is 3.40. The Morgan fingerprint density at radius 2 is 1.38 bits per heavy atom. The fourth-order valence-electron chi connectivity index (χ4n) is 3.99. The standard InChI is InChI=1S/C32H41N3O7/c1-32(2,3)42-31(38)34-17-19-40-21-23-41-22-20-39-18-15-29(36)33-16-14-30(37)35-24-27-10-5-4-8-25(27)12-13-26-9-6-7-11-28(26)35/h4-11H,14-24H2,1-3H3,(H,33,36)(H,34,38). The molecule has 3 rings (SSSR count). The minimum absolute atomic E-state index is 0.0852. The summed E-state index contributed by atoms with van der Waals surface area (Å²) in [5.74, 6) is 6.13. The lowest BCUT2D eigenvalue weighted by Gasteiger charge is -2.26. The maximum atomic E-state index is 13.2. The number of fused-ring (bicyclic) bond motifs is 2. The molecule has 0 aromatic heterocycles. The summed E-state index contributed by atoms with van der Waals surface area (Å²) in [5.41, 5.74) is 2.93. The van der Waals surface area contributed by atoms with Crippen LogP contribution in [-0.4, -0.2) is 76.2 Å². The zero-order valence-electron chi connectivity index (χ0n) is 24.7. The SMILES string of the molecule is CC(C)(C)OC(=O)NCCOCCOCCOCCC(=O)NCCC(=O)N1Cc2ccccc2C#Cc2ccccc21. The summed E-state index contributed by atoms with van der Waals surface area (Å²) in [6.45, 7) is 8.53. The van der Waals surface area contributed by atoms with Gasteiger partial charge in [0.2, 0.25) is 11.8 Å². The van der Waals surface area contributed by atoms with Crippen LogP contribution in [0, 0.1) is 11.8 Å². The van der Waals surface area contributed by atoms with Gasteiger partial charge in [-0.15, -0.1) is 0 Å². The molecule has 2 aromatic carbocycles. The molecular weight excluding hydrogens is 538 g/mol. The van der Waals surface area contributed by atoms with Gasteiger partial charge in [-0.3, -0.25) is 9.59 Å². The maximum absolute atomic E-state index is 13.2. The second-order valence-corrected chi connectivity index (χ2v) is 10.5. The number of rotatable bonds is 15. The first-order valence-electron chi connectivity index (χ1n) is 14.2. The first kappa shape index (κ1) is 32.6. The van der Waals surface area contributed by atoms with Crippen LogP contribution in [0.5, 0.6) is 0 Å². The third-order valence-corrected chi connectivity index (χ3v) is 5.97. The van der Waals surface area contributed by atoms with E-state index in [2.05, 4.69) is 22.5 Å². The number of alkyl carbamates (subject to hydrolysis) is 1. The van der Waals surface area contributed by atoms with Gasteiger partial charge in [-0.05, 0) is 44.5 Å². The van der Waals surface area contributed by atoms with Crippen LogP contribution in [0.25, 0.3) is 0 Å². The molecule has 2 N–H and O–H groups in total. The maximum Gasteiger partial charge on any atom is 0.407 e. The molecule has 10 heteroatoms. The first-order valence-corrected chi connectivity index (χ1v) is 14.2. The number of carbonyl (C=O) groups excluding carboxylic acids is 3. The molecule has 0 spiro atoms. The molecule has 42 heavy (non-hydrogen) atoms. The van der Waals surface area contributed by atoms with Crippen molar-refractivity contribution in [2.45, 2.75) is 45.8 Å². The molecular formula is C32H41N3O7. The van der Waals surface area contributed by atoms with Gasteiger partial charge in [0.1, 0.15) is 5.60 Å². The number of para-hydroxylation sites is 1. The zero-order chi connectivity index (χ0) is 30.2. The highest BCUT2D eigenvalue weighted by molar-refractivity contribution is 5.95. The smallest absolute Gasteiger partial charge is 0.407 e. The van der Waals surface area contributed by atoms with Crippen molar-refractivity contribution in [2.75, 3.05) is 57.6 Å². The van der Waals surface area contributed by atoms with Gasteiger partial charge in [0.05, 0.1) is 51.9 Å². The van der Waals surface area contributed by atoms with Crippen molar-refractivity contribution in [3.05, 3.63) is 65.2 Å². The molecule has 3 amide bonds. The van der Waals surface area contributed by atoms with Crippen molar-refractivity contribution in [2.24, 2.45) is 0 Å². The number of amides is 3. The minimum atomic E-state index is -0.532. The van der Waals surface area contributed by atoms with Crippen molar-refractivity contribution in [1.82, 2.24) is 10.6 Å². The zero-order valence-corrected chi connectivity index (χ0v) is 24.7. The summed E-state index contributed by atoms with van der Waals surface area (Å²) in [7, 11) is 0. The van der Waals surface area contributed by atoms with Crippen molar-refractivity contribution in [1.29, 1.82) is 0 Å². The fraction of sp³-hybridized carbons (Fsp3) is 0.469. The summed E-state index contributed by atoms with van der Waals surface area (Å²) in [4.78, 5) is 38.7. The molecule has 0 bridgehead atoms. The molecule has 0 saturated heterocycles. The largest absolute Gasteiger partial charge is 0.444 e. The Kier molecular flexibility index (Phi) is 13.3. The highest BCUT2D eigenvalue weighted by atomic mass is 16.6. The van der Waals surface area contributed by atoms with E-state index in [1.807, 2.05) is 48.5 Å². The molecule has 2 aromatic rings. The number of anilines is 1. The van der Waals surface area contributed by atoms with Gasteiger partial charge in [-0.25, -0.2) is 4.79 Å². The Morgan fingerprint density at radius 3 is 2.12 bits per heavy atom. The van der Waals surface area contributed by atoms with Crippen LogP contribution in [0.15, 0.2) is 48.5 Å². The van der Waals surface area contributed by atoms with Crippen LogP contribution in [0.2, 0.25) is 0 Å². The minimum Gasteiger partial charge on any atom is -0.444 e. The lowest BCUT2D eigenvalue weighted by Crippen LogP contribution is -2.35. The highest BCUT2D eigenvalue weighted by Gasteiger charge is 2.21. The molecule has 0 fully saturated rings. The van der Waals surface area contributed by atoms with E-state index in [1.165, 1.54) is 0 Å². The van der Waals surface area contributed by atoms with Gasteiger partial charge < -0.3 is 34.5 Å². The van der Waals surface area contributed by atoms with Crippen LogP contribution in [0.1, 0.15) is 50.3 Å². The molecule has 1 heterocycles. The van der Waals surface area contributed by atoms with E-state index in [4.69, 9.17) is 18.9 Å². The average Bonchev–Trinajstić information content (AvgIpc) is 2.94. The van der Waals surface area contributed by atoms with Crippen LogP contribution in [0.4, 0.5) is 10.5 Å². The molecule has 226 valence electrons. The van der Waals surface area contributed by atoms with Crippen LogP contribution < -0.4 is 15.5 Å². The molecule has 0 radical (unpaired) electrons. The number of hydrogen-bond acceptors (Lipinski definition) is 7. The van der Waals surface area contributed by atoms with Crippen LogP contribution in [-0.2, 0) is 35.1 Å². The monoisotopic (exact) mass is 579 g/mol. The van der Waals surface area contributed by atoms with E-state index in [-0.39, 0.29) is 37.8 Å². The van der Waals surface area contributed by atoms with E-state index in [1.54, 1.807) is 25.7 Å². The average molecular weight is 580 g/mol. The Morgan fingerprint density at radius 1 is 0.762 bits per heavy atom. The predicted molar refractivity (Wildman–Crippen MR) is 159 cm³/mol. The van der Waals surface area contributed by atoms with Gasteiger partial charge >= 0.3 is 6.09 Å². The first-order chi connectivity index (χ1) is 20.2. The van der Waals surface area contributed by atoms with Crippen LogP contribution in [0.3, 0.4) is 0 Å². The normalized spacial score (nSPS) is 12.1. The lowest BCUT2D eigenvalue weighted by atomic mass is 10.0. The highest BCUT2D eigenvalue weighted by Crippen LogP contribution is 2.25. The number of hydrogen-bond donors (Lipinski definition) is 2. The van der Waals surface area contributed by atoms with Gasteiger partial charge in [0.25, 0.3) is 0 Å². The van der Waals surface area contributed by atoms with E-state index < -0.39 is 11.7 Å². The fourth-order valence-corrected chi connectivity index (χ4v) is 3.99. The second kappa shape index (κ2) is 17.1. The molecule has 1 aliphatic rings. The molecule has 10 nitrogen and oxygen atoms in total. The van der Waals surface area contributed by atoms with Crippen molar-refractivity contribution < 1.29 is 33.3 Å². The van der Waals surface area contributed by atoms with Crippen LogP contribution >= 0.6 is 0 Å². The summed E-state index contributed by atoms with van der Waals surface area (Å²) < 4.78 is 21.4.